The third-order valence-electron chi connectivity index (χ3n) is 5.65. The number of hydrogen-bond acceptors (Lipinski definition) is 7. The van der Waals surface area contributed by atoms with E-state index in [9.17, 15) is 18.4 Å². The zero-order valence-corrected chi connectivity index (χ0v) is 14.6. The van der Waals surface area contributed by atoms with Gasteiger partial charge in [-0.05, 0) is 24.7 Å². The lowest BCUT2D eigenvalue weighted by Crippen LogP contribution is -2.48. The first kappa shape index (κ1) is 18.4. The Hall–Kier alpha value is -0.990. The summed E-state index contributed by atoms with van der Waals surface area (Å²) in [5, 5.41) is 0. The lowest BCUT2D eigenvalue weighted by molar-refractivity contribution is -0.151. The fourth-order valence-electron chi connectivity index (χ4n) is 4.52. The van der Waals surface area contributed by atoms with Gasteiger partial charge in [0.25, 0.3) is 0 Å². The molecule has 0 aliphatic heterocycles. The molecule has 2 rings (SSSR count). The average Bonchev–Trinajstić information content (AvgIpc) is 2.84. The maximum absolute atomic E-state index is 11.2. The molecule has 2 saturated carbocycles. The second-order valence-corrected chi connectivity index (χ2v) is 7.55. The van der Waals surface area contributed by atoms with Gasteiger partial charge in [-0.3, -0.25) is 13.8 Å². The molecule has 0 aromatic carbocycles. The SMILES string of the molecule is CC(=O)OCC12CC(C)C(COC(C)=O)(C1)C(OS(=O)[O-])C2C. The van der Waals surface area contributed by atoms with Gasteiger partial charge in [0, 0.05) is 24.7 Å². The molecule has 0 radical (unpaired) electrons. The Kier molecular flexibility index (Phi) is 5.18. The maximum atomic E-state index is 11.2. The molecule has 2 aliphatic rings. The zero-order valence-electron chi connectivity index (χ0n) is 13.8. The van der Waals surface area contributed by atoms with E-state index in [4.69, 9.17) is 13.7 Å². The van der Waals surface area contributed by atoms with E-state index in [-0.39, 0.29) is 36.4 Å². The summed E-state index contributed by atoms with van der Waals surface area (Å²) >= 11 is -2.66. The van der Waals surface area contributed by atoms with Crippen LogP contribution < -0.4 is 0 Å². The van der Waals surface area contributed by atoms with E-state index in [1.165, 1.54) is 13.8 Å². The molecule has 0 spiro atoms. The molecule has 8 heteroatoms. The van der Waals surface area contributed by atoms with Crippen molar-refractivity contribution in [3.8, 4) is 0 Å². The second-order valence-electron chi connectivity index (χ2n) is 6.95. The van der Waals surface area contributed by atoms with Gasteiger partial charge in [-0.1, -0.05) is 13.8 Å². The minimum absolute atomic E-state index is 0.0853. The van der Waals surface area contributed by atoms with Crippen molar-refractivity contribution in [3.05, 3.63) is 0 Å². The molecular weight excluding hydrogens is 324 g/mol. The summed E-state index contributed by atoms with van der Waals surface area (Å²) in [5.41, 5.74) is -0.930. The van der Waals surface area contributed by atoms with Crippen LogP contribution in [0.25, 0.3) is 0 Å². The summed E-state index contributed by atoms with van der Waals surface area (Å²) in [7, 11) is 0. The monoisotopic (exact) mass is 347 g/mol. The van der Waals surface area contributed by atoms with E-state index in [0.717, 1.165) is 6.42 Å². The third kappa shape index (κ3) is 3.29. The van der Waals surface area contributed by atoms with Crippen LogP contribution in [0.1, 0.15) is 40.5 Å². The van der Waals surface area contributed by atoms with Crippen molar-refractivity contribution in [1.29, 1.82) is 0 Å². The normalized spacial score (nSPS) is 40.0. The summed E-state index contributed by atoms with van der Waals surface area (Å²) in [6.45, 7) is 6.90. The van der Waals surface area contributed by atoms with Gasteiger partial charge in [-0.15, -0.1) is 0 Å². The minimum Gasteiger partial charge on any atom is -0.750 e. The van der Waals surface area contributed by atoms with Crippen LogP contribution in [0, 0.1) is 22.7 Å². The van der Waals surface area contributed by atoms with Gasteiger partial charge < -0.3 is 14.0 Å². The molecule has 0 amide bonds. The van der Waals surface area contributed by atoms with Crippen molar-refractivity contribution in [1.82, 2.24) is 0 Å². The van der Waals surface area contributed by atoms with Gasteiger partial charge >= 0.3 is 11.9 Å². The van der Waals surface area contributed by atoms with E-state index in [1.54, 1.807) is 0 Å². The largest absolute Gasteiger partial charge is 0.750 e. The highest BCUT2D eigenvalue weighted by atomic mass is 32.2. The van der Waals surface area contributed by atoms with Crippen molar-refractivity contribution in [3.63, 3.8) is 0 Å². The molecule has 0 aromatic rings. The van der Waals surface area contributed by atoms with Gasteiger partial charge in [0.15, 0.2) is 0 Å². The van der Waals surface area contributed by atoms with Crippen LogP contribution in [0.4, 0.5) is 0 Å². The molecule has 0 heterocycles. The van der Waals surface area contributed by atoms with E-state index < -0.39 is 28.8 Å². The minimum atomic E-state index is -2.66. The van der Waals surface area contributed by atoms with Crippen LogP contribution in [0.15, 0.2) is 0 Å². The summed E-state index contributed by atoms with van der Waals surface area (Å²) in [6, 6.07) is 0. The molecule has 0 aromatic heterocycles. The van der Waals surface area contributed by atoms with E-state index in [0.29, 0.717) is 6.42 Å². The van der Waals surface area contributed by atoms with Gasteiger partial charge in [0.05, 0.1) is 30.7 Å². The van der Waals surface area contributed by atoms with Gasteiger partial charge in [0.2, 0.25) is 0 Å². The fourth-order valence-corrected chi connectivity index (χ4v) is 5.05. The standard InChI is InChI=1S/C15H24O7S/c1-9-5-14(7-20-11(3)16)6-15(9,8-21-12(4)17)13(10(14)2)22-23(18)19/h9-10,13H,5-8H2,1-4H3,(H,18,19)/p-1. The fraction of sp³-hybridized carbons (Fsp3) is 0.867. The zero-order chi connectivity index (χ0) is 17.4. The van der Waals surface area contributed by atoms with Crippen LogP contribution in [0.2, 0.25) is 0 Å². The Bertz CT molecular complexity index is 522. The van der Waals surface area contributed by atoms with Gasteiger partial charge in [0.1, 0.15) is 0 Å². The van der Waals surface area contributed by atoms with Gasteiger partial charge in [-0.25, -0.2) is 4.21 Å². The summed E-state index contributed by atoms with van der Waals surface area (Å²) < 4.78 is 37.9. The molecule has 6 atom stereocenters. The number of hydrogen-bond donors (Lipinski definition) is 0. The molecule has 2 bridgehead atoms. The van der Waals surface area contributed by atoms with Crippen LogP contribution in [0.5, 0.6) is 0 Å². The number of rotatable bonds is 6. The number of esters is 2. The van der Waals surface area contributed by atoms with Crippen LogP contribution in [-0.4, -0.2) is 40.0 Å². The Labute approximate surface area is 138 Å². The molecule has 23 heavy (non-hydrogen) atoms. The van der Waals surface area contributed by atoms with Gasteiger partial charge in [-0.2, -0.15) is 0 Å². The predicted octanol–water partition coefficient (Wildman–Crippen LogP) is 1.34. The molecule has 0 saturated heterocycles. The molecule has 0 N–H and O–H groups in total. The molecule has 2 fully saturated rings. The third-order valence-corrected chi connectivity index (χ3v) is 6.02. The molecular formula is C15H23O7S-. The average molecular weight is 347 g/mol. The Morgan fingerprint density at radius 2 is 1.74 bits per heavy atom. The maximum Gasteiger partial charge on any atom is 0.302 e. The highest BCUT2D eigenvalue weighted by molar-refractivity contribution is 7.74. The molecule has 7 nitrogen and oxygen atoms in total. The topological polar surface area (TPSA) is 102 Å². The molecule has 2 aliphatic carbocycles. The Morgan fingerprint density at radius 1 is 1.17 bits per heavy atom. The van der Waals surface area contributed by atoms with Crippen molar-refractivity contribution >= 4 is 23.3 Å². The highest BCUT2D eigenvalue weighted by Crippen LogP contribution is 2.67. The lowest BCUT2D eigenvalue weighted by Gasteiger charge is -2.43. The molecule has 6 unspecified atom stereocenters. The van der Waals surface area contributed by atoms with E-state index in [1.807, 2.05) is 13.8 Å². The number of carbonyl (C=O) groups is 2. The summed E-state index contributed by atoms with van der Waals surface area (Å²) in [5.74, 6) is -0.826. The van der Waals surface area contributed by atoms with Crippen LogP contribution >= 0.6 is 0 Å². The Morgan fingerprint density at radius 3 is 2.26 bits per heavy atom. The van der Waals surface area contributed by atoms with Crippen LogP contribution in [0.3, 0.4) is 0 Å². The summed E-state index contributed by atoms with van der Waals surface area (Å²) in [6.07, 6.45) is 0.776. The second kappa shape index (κ2) is 6.49. The van der Waals surface area contributed by atoms with Crippen LogP contribution in [-0.2, 0) is 34.6 Å². The van der Waals surface area contributed by atoms with Crippen molar-refractivity contribution in [2.24, 2.45) is 22.7 Å². The number of carbonyl (C=O) groups excluding carboxylic acids is 2. The van der Waals surface area contributed by atoms with E-state index >= 15 is 0 Å². The molecule has 132 valence electrons. The first-order valence-electron chi connectivity index (χ1n) is 7.66. The highest BCUT2D eigenvalue weighted by Gasteiger charge is 2.69. The van der Waals surface area contributed by atoms with Crippen molar-refractivity contribution < 1.29 is 32.0 Å². The summed E-state index contributed by atoms with van der Waals surface area (Å²) in [4.78, 5) is 22.4. The van der Waals surface area contributed by atoms with Crippen molar-refractivity contribution in [2.45, 2.75) is 46.6 Å². The first-order chi connectivity index (χ1) is 10.6. The smallest absolute Gasteiger partial charge is 0.302 e. The Balaban J connectivity index is 2.31. The number of fused-ring (bicyclic) bond motifs is 2. The first-order valence-corrected chi connectivity index (χ1v) is 8.66. The van der Waals surface area contributed by atoms with E-state index in [2.05, 4.69) is 0 Å². The van der Waals surface area contributed by atoms with Crippen molar-refractivity contribution in [2.75, 3.05) is 13.2 Å². The quantitative estimate of drug-likeness (QED) is 0.528. The lowest BCUT2D eigenvalue weighted by atomic mass is 9.68. The number of ether oxygens (including phenoxy) is 2. The predicted molar refractivity (Wildman–Crippen MR) is 79.5 cm³/mol.